The summed E-state index contributed by atoms with van der Waals surface area (Å²) in [5, 5.41) is 113. The number of esters is 1. The topological polar surface area (TPSA) is 555 Å². The zero-order valence-corrected chi connectivity index (χ0v) is 64.2. The second-order valence-electron chi connectivity index (χ2n) is 29.7. The smallest absolute Gasteiger partial charge is 0.336 e. The van der Waals surface area contributed by atoms with Crippen LogP contribution in [0.3, 0.4) is 0 Å². The first-order chi connectivity index (χ1) is 53.0. The number of carbonyl (C=O) groups excluding carboxylic acids is 11. The van der Waals surface area contributed by atoms with Gasteiger partial charge in [-0.25, -0.2) is 9.59 Å². The van der Waals surface area contributed by atoms with Gasteiger partial charge in [-0.1, -0.05) is 120 Å². The quantitative estimate of drug-likeness (QED) is 0.0284. The molecule has 35 nitrogen and oxygen atoms in total. The molecule has 26 atom stereocenters. The van der Waals surface area contributed by atoms with E-state index in [1.54, 1.807) is 35.7 Å². The Labute approximate surface area is 649 Å². The van der Waals surface area contributed by atoms with Crippen LogP contribution in [0.5, 0.6) is 0 Å². The summed E-state index contributed by atoms with van der Waals surface area (Å²) in [6.45, 7) is 9.69. The molecule has 7 aliphatic rings. The summed E-state index contributed by atoms with van der Waals surface area (Å²) in [6.07, 6.45) is 13.9. The maximum absolute atomic E-state index is 14.1. The first-order valence-electron chi connectivity index (χ1n) is 38.0. The van der Waals surface area contributed by atoms with Gasteiger partial charge in [0.2, 0.25) is 47.4 Å². The van der Waals surface area contributed by atoms with Crippen LogP contribution >= 0.6 is 0 Å². The molecule has 4 fully saturated rings. The van der Waals surface area contributed by atoms with Gasteiger partial charge >= 0.3 is 11.9 Å². The Kier molecular flexibility index (Phi) is 36.7. The van der Waals surface area contributed by atoms with Crippen molar-refractivity contribution in [1.82, 2.24) is 42.5 Å². The van der Waals surface area contributed by atoms with Crippen LogP contribution in [0.2, 0.25) is 0 Å². The zero-order valence-electron chi connectivity index (χ0n) is 64.2. The Hall–Kier alpha value is -8.72. The number of primary amides is 1. The van der Waals surface area contributed by atoms with E-state index in [1.165, 1.54) is 32.9 Å². The number of rotatable bonds is 18. The molecule has 4 saturated heterocycles. The number of hydrogen-bond donors (Lipinski definition) is 18. The number of ether oxygens (including phenoxy) is 5. The molecule has 9 amide bonds. The van der Waals surface area contributed by atoms with E-state index in [4.69, 9.17) is 29.4 Å². The van der Waals surface area contributed by atoms with Crippen molar-refractivity contribution in [2.24, 2.45) is 35.3 Å². The number of fused-ring (bicyclic) bond motifs is 13. The zero-order chi connectivity index (χ0) is 82.8. The number of unbranched alkanes of at least 4 members (excludes halogenated alkanes) is 1. The number of ketones is 1. The maximum Gasteiger partial charge on any atom is 0.336 e. The SMILES string of the molecule is C/C(=C\[C@H](C)CCCCC(=O)NC(C)C(=O)NCC1NC(=O)C(C(=O)O)NC(=O)C(O)CNC(=O)C(C(C)O)NC(=O)C(C(O)C(O)C(N)=O)NC(=O)C(C(C)C)CC(=O)C(CO)NC1=O)C1OC2C=CC1OC(=O)\C=C/C=C\C=C\[C@H]1OC3C[C@@H]1O[C@@H](/C=C/C[C@H]1O[C@H](C[C@H](O)[C@H]1C)[C@@H](O)[C@@H](O)/C=C/CC/C=C/C2)C3C. The highest BCUT2D eigenvalue weighted by atomic mass is 16.6. The van der Waals surface area contributed by atoms with Gasteiger partial charge in [-0.15, -0.1) is 0 Å². The Morgan fingerprint density at radius 3 is 2.03 bits per heavy atom. The molecule has 7 rings (SSSR count). The number of β-amino-alcohol motifs (C(OH)–C–C–N with tert-alkyl or cyclic N) is 1. The van der Waals surface area contributed by atoms with E-state index >= 15 is 0 Å². The van der Waals surface area contributed by atoms with Gasteiger partial charge in [-0.05, 0) is 82.8 Å². The van der Waals surface area contributed by atoms with Crippen molar-refractivity contribution in [1.29, 1.82) is 0 Å². The number of hydrogen-bond acceptors (Lipinski definition) is 25. The van der Waals surface area contributed by atoms with Gasteiger partial charge in [0.15, 0.2) is 18.0 Å². The molecular weight excluding hydrogens is 1470 g/mol. The molecule has 0 aromatic heterocycles. The van der Waals surface area contributed by atoms with Crippen molar-refractivity contribution >= 4 is 70.9 Å². The van der Waals surface area contributed by atoms with Crippen molar-refractivity contribution in [2.45, 2.75) is 260 Å². The number of amides is 9. The predicted molar refractivity (Wildman–Crippen MR) is 399 cm³/mol. The van der Waals surface area contributed by atoms with Gasteiger partial charge in [0.05, 0.1) is 62.0 Å². The second kappa shape index (κ2) is 44.7. The maximum atomic E-state index is 14.1. The fourth-order valence-corrected chi connectivity index (χ4v) is 13.5. The average Bonchev–Trinajstić information content (AvgIpc) is 1.65. The van der Waals surface area contributed by atoms with Crippen molar-refractivity contribution in [3.63, 3.8) is 0 Å². The molecule has 0 aliphatic carbocycles. The summed E-state index contributed by atoms with van der Waals surface area (Å²) < 4.78 is 31.8. The molecule has 0 spiro atoms. The number of Topliss-reactive ketones (excluding diaryl/α,β-unsaturated/α-hetero) is 1. The number of carboxylic acids is 1. The number of nitrogens with two attached hydrogens (primary N) is 1. The molecule has 35 heteroatoms. The van der Waals surface area contributed by atoms with E-state index in [0.29, 0.717) is 44.9 Å². The molecule has 7 aliphatic heterocycles. The summed E-state index contributed by atoms with van der Waals surface area (Å²) >= 11 is 0. The van der Waals surface area contributed by atoms with E-state index in [-0.39, 0.29) is 55.0 Å². The lowest BCUT2D eigenvalue weighted by Gasteiger charge is -2.40. The van der Waals surface area contributed by atoms with E-state index in [1.807, 2.05) is 85.3 Å². The van der Waals surface area contributed by atoms with E-state index < -0.39 is 218 Å². The summed E-state index contributed by atoms with van der Waals surface area (Å²) in [5.41, 5.74) is 5.91. The summed E-state index contributed by atoms with van der Waals surface area (Å²) in [7, 11) is 0. The van der Waals surface area contributed by atoms with Crippen LogP contribution in [0, 0.1) is 29.6 Å². The van der Waals surface area contributed by atoms with Crippen LogP contribution in [0.1, 0.15) is 126 Å². The number of carbonyl (C=O) groups is 12. The number of aliphatic hydroxyl groups excluding tert-OH is 8. The van der Waals surface area contributed by atoms with Crippen molar-refractivity contribution in [3.8, 4) is 0 Å². The van der Waals surface area contributed by atoms with Crippen LogP contribution in [-0.4, -0.2) is 270 Å². The minimum Gasteiger partial charge on any atom is -0.479 e. The molecule has 7 bridgehead atoms. The molecule has 0 saturated carbocycles. The molecule has 112 heavy (non-hydrogen) atoms. The third kappa shape index (κ3) is 27.5. The van der Waals surface area contributed by atoms with E-state index in [2.05, 4.69) is 28.2 Å². The first kappa shape index (κ1) is 92.2. The van der Waals surface area contributed by atoms with Crippen LogP contribution in [0.15, 0.2) is 96.7 Å². The summed E-state index contributed by atoms with van der Waals surface area (Å²) in [5.74, 6) is -18.3. The fraction of sp³-hybridized carbons (Fsp3) is 0.636. The highest BCUT2D eigenvalue weighted by Crippen LogP contribution is 2.39. The van der Waals surface area contributed by atoms with Crippen molar-refractivity contribution in [2.75, 3.05) is 19.7 Å². The normalized spacial score (nSPS) is 35.3. The van der Waals surface area contributed by atoms with Crippen LogP contribution < -0.4 is 48.3 Å². The lowest BCUT2D eigenvalue weighted by molar-refractivity contribution is -0.175. The Bertz CT molecular complexity index is 3520. The Balaban J connectivity index is 1.09. The molecule has 16 unspecified atom stereocenters. The lowest BCUT2D eigenvalue weighted by atomic mass is 9.85. The standard InChI is InChI=1S/C77H113N9O26/c1-38(2)46-32-51(91)48(37-87)83-72(101)47(82-76(105)64(77(106)107)86-73(102)52(92)36-80-74(103)62(44(8)88)84-75(104)63(85-71(46)100)66(96)67(97)69(78)98)35-79-70(99)43(7)81-60(93)27-19-18-21-39(3)31-40(4)68-56-30-29-45(108-68)22-14-10-9-11-15-23-49(89)65(95)59-33-50(90)41(5)53(110-59)25-20-26-54-42(6)57-34-58(109-54)55(111-57)24-16-12-13-17-28-61(94)112-56/h10,12-17,20,23-24,26,28-31,38-39,41-50,52-59,62-68,87-90,92,95-97H,9,11,18-19,21-22,25,27,32-37H2,1-8H3,(H2,78,98)(H,79,99)(H,80,103)(H,81,93)(H,82,105)(H,83,101)(H,84,104)(H,85,100)(H,86,102)(H,106,107)/b13-12-,14-10+,23-15+,24-16+,26-20+,28-17-,40-31+/t39-,41-,42?,43?,44?,45?,46?,47?,48?,49+,50+,52?,53-,54+,55-,56?,57?,58+,59-,62?,63?,64?,65+,66?,67?,68?/m1/s1. The lowest BCUT2D eigenvalue weighted by Crippen LogP contribution is -2.64. The average molecular weight is 1580 g/mol. The number of carboxylic acid groups (broad SMARTS) is 1. The third-order valence-corrected chi connectivity index (χ3v) is 20.5. The van der Waals surface area contributed by atoms with E-state index in [9.17, 15) is 103 Å². The van der Waals surface area contributed by atoms with Crippen molar-refractivity contribution in [3.05, 3.63) is 96.7 Å². The Morgan fingerprint density at radius 2 is 1.34 bits per heavy atom. The van der Waals surface area contributed by atoms with Gasteiger partial charge in [-0.3, -0.25) is 47.9 Å². The number of allylic oxidation sites excluding steroid dienone is 7. The number of nitrogens with one attached hydrogen (secondary N) is 8. The van der Waals surface area contributed by atoms with E-state index in [0.717, 1.165) is 18.9 Å². The van der Waals surface area contributed by atoms with Crippen molar-refractivity contribution < 1.29 is 127 Å². The molecule has 0 aromatic carbocycles. The minimum absolute atomic E-state index is 0.0362. The summed E-state index contributed by atoms with van der Waals surface area (Å²) in [6, 6.07) is -12.4. The van der Waals surface area contributed by atoms with Crippen LogP contribution in [0.4, 0.5) is 0 Å². The van der Waals surface area contributed by atoms with Gasteiger partial charge in [0.1, 0.15) is 66.8 Å². The third-order valence-electron chi connectivity index (χ3n) is 20.5. The molecular formula is C77H113N9O26. The van der Waals surface area contributed by atoms with Gasteiger partial charge < -0.3 is 118 Å². The summed E-state index contributed by atoms with van der Waals surface area (Å²) in [4.78, 5) is 161. The molecule has 0 aromatic rings. The predicted octanol–water partition coefficient (Wildman–Crippen LogP) is -2.86. The number of aliphatic hydroxyl groups is 8. The molecule has 19 N–H and O–H groups in total. The minimum atomic E-state index is -2.64. The fourth-order valence-electron chi connectivity index (χ4n) is 13.5. The number of aliphatic carboxylic acids is 1. The van der Waals surface area contributed by atoms with Gasteiger partial charge in [-0.2, -0.15) is 0 Å². The largest absolute Gasteiger partial charge is 0.479 e. The monoisotopic (exact) mass is 1580 g/mol. The van der Waals surface area contributed by atoms with Crippen LogP contribution in [0.25, 0.3) is 0 Å². The van der Waals surface area contributed by atoms with Gasteiger partial charge in [0, 0.05) is 56.1 Å². The second-order valence-corrected chi connectivity index (χ2v) is 29.7. The molecule has 0 radical (unpaired) electrons. The molecule has 622 valence electrons. The first-order valence-corrected chi connectivity index (χ1v) is 38.0. The van der Waals surface area contributed by atoms with Crippen LogP contribution in [-0.2, 0) is 81.2 Å². The Morgan fingerprint density at radius 1 is 0.652 bits per heavy atom. The van der Waals surface area contributed by atoms with Gasteiger partial charge in [0.25, 0.3) is 11.8 Å². The highest BCUT2D eigenvalue weighted by molar-refractivity contribution is 6.06. The highest BCUT2D eigenvalue weighted by Gasteiger charge is 2.47. The molecule has 7 heterocycles.